The van der Waals surface area contributed by atoms with Crippen molar-refractivity contribution in [2.45, 2.75) is 26.3 Å². The van der Waals surface area contributed by atoms with Gasteiger partial charge in [0.1, 0.15) is 0 Å². The van der Waals surface area contributed by atoms with Crippen LogP contribution in [0.3, 0.4) is 0 Å². The molecule has 2 aromatic rings. The van der Waals surface area contributed by atoms with Crippen LogP contribution in [0.25, 0.3) is 0 Å². The van der Waals surface area contributed by atoms with Crippen molar-refractivity contribution in [1.82, 2.24) is 10.3 Å². The minimum absolute atomic E-state index is 0.0604. The molecule has 1 atom stereocenters. The number of nitrogens with zero attached hydrogens (tertiary/aromatic N) is 1. The van der Waals surface area contributed by atoms with Gasteiger partial charge in [-0.15, -0.1) is 0 Å². The lowest BCUT2D eigenvalue weighted by Gasteiger charge is -2.15. The van der Waals surface area contributed by atoms with Crippen molar-refractivity contribution in [3.05, 3.63) is 63.4 Å². The Morgan fingerprint density at radius 1 is 1.29 bits per heavy atom. The molecule has 1 aromatic heterocycles. The predicted molar refractivity (Wildman–Crippen MR) is 86.1 cm³/mol. The van der Waals surface area contributed by atoms with Gasteiger partial charge < -0.3 is 5.32 Å². The average molecular weight is 323 g/mol. The summed E-state index contributed by atoms with van der Waals surface area (Å²) in [5.41, 5.74) is 2.16. The molecule has 0 spiro atoms. The van der Waals surface area contributed by atoms with Gasteiger partial charge in [0.25, 0.3) is 5.91 Å². The van der Waals surface area contributed by atoms with Crippen molar-refractivity contribution in [1.29, 1.82) is 0 Å². The quantitative estimate of drug-likeness (QED) is 0.922. The zero-order valence-corrected chi connectivity index (χ0v) is 13.4. The van der Waals surface area contributed by atoms with Crippen LogP contribution in [0.5, 0.6) is 0 Å². The van der Waals surface area contributed by atoms with E-state index in [9.17, 15) is 4.79 Å². The van der Waals surface area contributed by atoms with E-state index in [0.29, 0.717) is 22.0 Å². The largest absolute Gasteiger partial charge is 0.349 e. The molecule has 5 heteroatoms. The Morgan fingerprint density at radius 3 is 2.67 bits per heavy atom. The molecule has 0 aliphatic carbocycles. The summed E-state index contributed by atoms with van der Waals surface area (Å²) < 4.78 is 0. The fraction of sp³-hybridized carbons (Fsp3) is 0.250. The first kappa shape index (κ1) is 15.8. The molecule has 0 fully saturated rings. The average Bonchev–Trinajstić information content (AvgIpc) is 2.41. The number of carbonyl (C=O) groups is 1. The molecule has 110 valence electrons. The van der Waals surface area contributed by atoms with Crippen LogP contribution in [0.4, 0.5) is 0 Å². The van der Waals surface area contributed by atoms with Crippen LogP contribution in [0.2, 0.25) is 10.0 Å². The fourth-order valence-electron chi connectivity index (χ4n) is 2.04. The monoisotopic (exact) mass is 322 g/mol. The second-order valence-electron chi connectivity index (χ2n) is 4.98. The Hall–Kier alpha value is -1.58. The molecule has 1 heterocycles. The smallest absolute Gasteiger partial charge is 0.254 e. The van der Waals surface area contributed by atoms with E-state index in [1.165, 1.54) is 6.20 Å². The van der Waals surface area contributed by atoms with Gasteiger partial charge in [-0.2, -0.15) is 0 Å². The highest BCUT2D eigenvalue weighted by Crippen LogP contribution is 2.18. The third kappa shape index (κ3) is 4.19. The predicted octanol–water partition coefficient (Wildman–Crippen LogP) is 4.06. The molecule has 0 saturated heterocycles. The standard InChI is InChI=1S/C16H16Cl2N2O/c1-10-8-15(18)13(9-19-10)16(21)20-11(2)7-12-5-3-4-6-14(12)17/h3-6,8-9,11H,7H2,1-2H3,(H,20,21). The Balaban J connectivity index is 2.04. The molecule has 0 aliphatic heterocycles. The van der Waals surface area contributed by atoms with Gasteiger partial charge in [-0.05, 0) is 38.0 Å². The SMILES string of the molecule is Cc1cc(Cl)c(C(=O)NC(C)Cc2ccccc2Cl)cn1. The van der Waals surface area contributed by atoms with Crippen molar-refractivity contribution < 1.29 is 4.79 Å². The number of amides is 1. The van der Waals surface area contributed by atoms with Crippen molar-refractivity contribution in [2.75, 3.05) is 0 Å². The number of nitrogens with one attached hydrogen (secondary N) is 1. The molecular weight excluding hydrogens is 307 g/mol. The Kier molecular flexibility index (Phi) is 5.21. The molecule has 2 rings (SSSR count). The minimum Gasteiger partial charge on any atom is -0.349 e. The third-order valence-electron chi connectivity index (χ3n) is 3.10. The topological polar surface area (TPSA) is 42.0 Å². The zero-order chi connectivity index (χ0) is 15.4. The van der Waals surface area contributed by atoms with Crippen molar-refractivity contribution in [3.8, 4) is 0 Å². The van der Waals surface area contributed by atoms with Crippen molar-refractivity contribution in [2.24, 2.45) is 0 Å². The zero-order valence-electron chi connectivity index (χ0n) is 11.9. The van der Waals surface area contributed by atoms with Crippen molar-refractivity contribution >= 4 is 29.1 Å². The van der Waals surface area contributed by atoms with E-state index >= 15 is 0 Å². The first-order chi connectivity index (χ1) is 9.97. The van der Waals surface area contributed by atoms with Crippen LogP contribution in [0.1, 0.15) is 28.5 Å². The second-order valence-corrected chi connectivity index (χ2v) is 5.79. The maximum absolute atomic E-state index is 12.2. The van der Waals surface area contributed by atoms with E-state index in [0.717, 1.165) is 11.3 Å². The molecule has 1 amide bonds. The van der Waals surface area contributed by atoms with Gasteiger partial charge in [0.15, 0.2) is 0 Å². The highest BCUT2D eigenvalue weighted by molar-refractivity contribution is 6.33. The summed E-state index contributed by atoms with van der Waals surface area (Å²) in [6, 6.07) is 9.21. The summed E-state index contributed by atoms with van der Waals surface area (Å²) in [5, 5.41) is 4.02. The summed E-state index contributed by atoms with van der Waals surface area (Å²) in [5.74, 6) is -0.230. The molecule has 1 N–H and O–H groups in total. The molecule has 0 saturated carbocycles. The molecule has 0 aliphatic rings. The fourth-order valence-corrected chi connectivity index (χ4v) is 2.55. The van der Waals surface area contributed by atoms with E-state index in [-0.39, 0.29) is 11.9 Å². The van der Waals surface area contributed by atoms with Crippen LogP contribution in [-0.2, 0) is 6.42 Å². The lowest BCUT2D eigenvalue weighted by Crippen LogP contribution is -2.34. The van der Waals surface area contributed by atoms with Gasteiger partial charge in [0.05, 0.1) is 10.6 Å². The second kappa shape index (κ2) is 6.92. The minimum atomic E-state index is -0.230. The van der Waals surface area contributed by atoms with Crippen LogP contribution >= 0.6 is 23.2 Å². The van der Waals surface area contributed by atoms with Gasteiger partial charge in [0.2, 0.25) is 0 Å². The number of aromatic nitrogens is 1. The Labute approximate surface area is 134 Å². The van der Waals surface area contributed by atoms with Gasteiger partial charge in [-0.1, -0.05) is 41.4 Å². The number of hydrogen-bond donors (Lipinski definition) is 1. The molecular formula is C16H16Cl2N2O. The van der Waals surface area contributed by atoms with E-state index in [1.807, 2.05) is 38.1 Å². The van der Waals surface area contributed by atoms with Gasteiger partial charge >= 0.3 is 0 Å². The number of aryl methyl sites for hydroxylation is 1. The van der Waals surface area contributed by atoms with Gasteiger partial charge in [-0.25, -0.2) is 0 Å². The number of benzene rings is 1. The van der Waals surface area contributed by atoms with Crippen molar-refractivity contribution in [3.63, 3.8) is 0 Å². The lowest BCUT2D eigenvalue weighted by molar-refractivity contribution is 0.0940. The molecule has 0 radical (unpaired) electrons. The number of carbonyl (C=O) groups excluding carboxylic acids is 1. The van der Waals surface area contributed by atoms with Gasteiger partial charge in [0, 0.05) is 23.0 Å². The van der Waals surface area contributed by atoms with E-state index in [1.54, 1.807) is 6.07 Å². The summed E-state index contributed by atoms with van der Waals surface area (Å²) in [7, 11) is 0. The van der Waals surface area contributed by atoms with Crippen LogP contribution in [0, 0.1) is 6.92 Å². The molecule has 1 unspecified atom stereocenters. The van der Waals surface area contributed by atoms with Crippen LogP contribution < -0.4 is 5.32 Å². The Bertz CT molecular complexity index is 658. The highest BCUT2D eigenvalue weighted by atomic mass is 35.5. The van der Waals surface area contributed by atoms with E-state index in [4.69, 9.17) is 23.2 Å². The Morgan fingerprint density at radius 2 is 2.00 bits per heavy atom. The normalized spacial score (nSPS) is 12.0. The summed E-state index contributed by atoms with van der Waals surface area (Å²) >= 11 is 12.2. The summed E-state index contributed by atoms with van der Waals surface area (Å²) in [6.45, 7) is 3.75. The third-order valence-corrected chi connectivity index (χ3v) is 3.78. The summed E-state index contributed by atoms with van der Waals surface area (Å²) in [4.78, 5) is 16.3. The first-order valence-electron chi connectivity index (χ1n) is 6.64. The maximum atomic E-state index is 12.2. The van der Waals surface area contributed by atoms with Crippen LogP contribution in [-0.4, -0.2) is 16.9 Å². The molecule has 1 aromatic carbocycles. The summed E-state index contributed by atoms with van der Waals surface area (Å²) in [6.07, 6.45) is 2.15. The maximum Gasteiger partial charge on any atom is 0.254 e. The van der Waals surface area contributed by atoms with Crippen LogP contribution in [0.15, 0.2) is 36.5 Å². The van der Waals surface area contributed by atoms with Gasteiger partial charge in [-0.3, -0.25) is 9.78 Å². The highest BCUT2D eigenvalue weighted by Gasteiger charge is 2.14. The number of pyridine rings is 1. The van der Waals surface area contributed by atoms with E-state index in [2.05, 4.69) is 10.3 Å². The molecule has 21 heavy (non-hydrogen) atoms. The molecule has 3 nitrogen and oxygen atoms in total. The number of hydrogen-bond acceptors (Lipinski definition) is 2. The first-order valence-corrected chi connectivity index (χ1v) is 7.39. The number of rotatable bonds is 4. The lowest BCUT2D eigenvalue weighted by atomic mass is 10.1. The van der Waals surface area contributed by atoms with E-state index < -0.39 is 0 Å². The number of halogens is 2. The molecule has 0 bridgehead atoms.